The number of halogens is 2. The number of hydrogen-bond donors (Lipinski definition) is 2. The van der Waals surface area contributed by atoms with Crippen molar-refractivity contribution in [3.63, 3.8) is 0 Å². The van der Waals surface area contributed by atoms with Crippen LogP contribution in [0.2, 0.25) is 0 Å². The molecule has 0 saturated carbocycles. The maximum absolute atomic E-state index is 14.2. The summed E-state index contributed by atoms with van der Waals surface area (Å²) in [4.78, 5) is 0. The van der Waals surface area contributed by atoms with Crippen LogP contribution >= 0.6 is 0 Å². The standard InChI is InChI=1S/C14H12BF2NO2/c16-12-6-11-10(8-20-15(11)19)13(17)14(12)18-7-9-4-2-1-3-5-9/h1-6,18-19H,7-8H2. The van der Waals surface area contributed by atoms with Crippen molar-refractivity contribution in [2.75, 3.05) is 5.32 Å². The van der Waals surface area contributed by atoms with Crippen molar-refractivity contribution in [1.29, 1.82) is 0 Å². The zero-order chi connectivity index (χ0) is 14.1. The summed E-state index contributed by atoms with van der Waals surface area (Å²) in [6.45, 7) is 0.263. The smallest absolute Gasteiger partial charge is 0.423 e. The van der Waals surface area contributed by atoms with Gasteiger partial charge >= 0.3 is 7.12 Å². The average Bonchev–Trinajstić information content (AvgIpc) is 2.81. The Balaban J connectivity index is 1.87. The third-order valence-corrected chi connectivity index (χ3v) is 3.32. The van der Waals surface area contributed by atoms with E-state index in [4.69, 9.17) is 4.65 Å². The third kappa shape index (κ3) is 2.28. The minimum Gasteiger partial charge on any atom is -0.423 e. The van der Waals surface area contributed by atoms with Crippen molar-refractivity contribution in [1.82, 2.24) is 0 Å². The van der Waals surface area contributed by atoms with Crippen LogP contribution in [-0.4, -0.2) is 12.1 Å². The fourth-order valence-electron chi connectivity index (χ4n) is 2.25. The molecule has 102 valence electrons. The molecule has 1 heterocycles. The van der Waals surface area contributed by atoms with E-state index in [1.54, 1.807) is 0 Å². The van der Waals surface area contributed by atoms with E-state index in [0.717, 1.165) is 11.6 Å². The second kappa shape index (κ2) is 5.23. The molecule has 0 aromatic heterocycles. The molecule has 0 unspecified atom stereocenters. The number of fused-ring (bicyclic) bond motifs is 1. The molecule has 0 saturated heterocycles. The van der Waals surface area contributed by atoms with E-state index >= 15 is 0 Å². The Labute approximate surface area is 115 Å². The SMILES string of the molecule is OB1OCc2c1cc(F)c(NCc1ccccc1)c2F. The Kier molecular flexibility index (Phi) is 3.42. The lowest BCUT2D eigenvalue weighted by atomic mass is 9.79. The van der Waals surface area contributed by atoms with Crippen molar-refractivity contribution in [3.8, 4) is 0 Å². The number of anilines is 1. The Bertz CT molecular complexity index is 637. The van der Waals surface area contributed by atoms with Gasteiger partial charge in [-0.3, -0.25) is 0 Å². The van der Waals surface area contributed by atoms with Crippen LogP contribution in [-0.2, 0) is 17.8 Å². The molecule has 3 nitrogen and oxygen atoms in total. The van der Waals surface area contributed by atoms with Gasteiger partial charge in [-0.1, -0.05) is 30.3 Å². The normalized spacial score (nSPS) is 13.4. The van der Waals surface area contributed by atoms with Crippen molar-refractivity contribution < 1.29 is 18.5 Å². The molecule has 6 heteroatoms. The highest BCUT2D eigenvalue weighted by Crippen LogP contribution is 2.25. The molecule has 0 amide bonds. The summed E-state index contributed by atoms with van der Waals surface area (Å²) in [5.41, 5.74) is 1.09. The van der Waals surface area contributed by atoms with Crippen LogP contribution in [0.5, 0.6) is 0 Å². The second-order valence-electron chi connectivity index (χ2n) is 4.62. The molecular formula is C14H12BF2NO2. The highest BCUT2D eigenvalue weighted by molar-refractivity contribution is 6.61. The second-order valence-corrected chi connectivity index (χ2v) is 4.62. The number of benzene rings is 2. The number of rotatable bonds is 3. The van der Waals surface area contributed by atoms with Gasteiger partial charge in [0.2, 0.25) is 0 Å². The molecule has 1 aliphatic rings. The highest BCUT2D eigenvalue weighted by Gasteiger charge is 2.32. The van der Waals surface area contributed by atoms with E-state index in [2.05, 4.69) is 5.32 Å². The van der Waals surface area contributed by atoms with Crippen molar-refractivity contribution in [2.24, 2.45) is 0 Å². The number of hydrogen-bond acceptors (Lipinski definition) is 3. The largest absolute Gasteiger partial charge is 0.491 e. The summed E-state index contributed by atoms with van der Waals surface area (Å²) in [7, 11) is -1.25. The van der Waals surface area contributed by atoms with E-state index in [0.29, 0.717) is 6.54 Å². The Hall–Kier alpha value is -1.92. The molecule has 3 rings (SSSR count). The Morgan fingerprint density at radius 1 is 1.25 bits per heavy atom. The van der Waals surface area contributed by atoms with Crippen LogP contribution in [0.15, 0.2) is 36.4 Å². The lowest BCUT2D eigenvalue weighted by Gasteiger charge is -2.11. The topological polar surface area (TPSA) is 41.5 Å². The fourth-order valence-corrected chi connectivity index (χ4v) is 2.25. The number of nitrogens with one attached hydrogen (secondary N) is 1. The molecule has 0 radical (unpaired) electrons. The maximum atomic E-state index is 14.2. The molecule has 0 bridgehead atoms. The molecule has 0 spiro atoms. The predicted molar refractivity (Wildman–Crippen MR) is 72.5 cm³/mol. The Morgan fingerprint density at radius 3 is 2.75 bits per heavy atom. The van der Waals surface area contributed by atoms with Gasteiger partial charge < -0.3 is 15.0 Å². The van der Waals surface area contributed by atoms with Crippen molar-refractivity contribution >= 4 is 18.3 Å². The van der Waals surface area contributed by atoms with Crippen LogP contribution in [0.25, 0.3) is 0 Å². The van der Waals surface area contributed by atoms with Crippen LogP contribution in [0, 0.1) is 11.6 Å². The quantitative estimate of drug-likeness (QED) is 0.839. The van der Waals surface area contributed by atoms with Gasteiger partial charge in [0.05, 0.1) is 6.61 Å². The summed E-state index contributed by atoms with van der Waals surface area (Å²) in [5, 5.41) is 12.2. The molecular weight excluding hydrogens is 263 g/mol. The summed E-state index contributed by atoms with van der Waals surface area (Å²) in [6.07, 6.45) is 0. The molecule has 1 aliphatic heterocycles. The first-order valence-corrected chi connectivity index (χ1v) is 6.25. The minimum absolute atomic E-state index is 0.0529. The molecule has 20 heavy (non-hydrogen) atoms. The van der Waals surface area contributed by atoms with Crippen molar-refractivity contribution in [3.05, 3.63) is 59.2 Å². The van der Waals surface area contributed by atoms with Gasteiger partial charge in [-0.05, 0) is 17.1 Å². The van der Waals surface area contributed by atoms with Gasteiger partial charge in [-0.15, -0.1) is 0 Å². The van der Waals surface area contributed by atoms with Crippen LogP contribution in [0.4, 0.5) is 14.5 Å². The maximum Gasteiger partial charge on any atom is 0.491 e. The summed E-state index contributed by atoms with van der Waals surface area (Å²) in [5.74, 6) is -1.44. The van der Waals surface area contributed by atoms with Gasteiger partial charge in [-0.25, -0.2) is 8.78 Å². The van der Waals surface area contributed by atoms with Gasteiger partial charge in [0, 0.05) is 12.1 Å². The predicted octanol–water partition coefficient (Wildman–Crippen LogP) is 1.79. The van der Waals surface area contributed by atoms with Crippen LogP contribution in [0.1, 0.15) is 11.1 Å². The fraction of sp³-hybridized carbons (Fsp3) is 0.143. The van der Waals surface area contributed by atoms with E-state index in [9.17, 15) is 13.8 Å². The van der Waals surface area contributed by atoms with Gasteiger partial charge in [0.1, 0.15) is 11.5 Å². The minimum atomic E-state index is -1.25. The molecule has 0 atom stereocenters. The summed E-state index contributed by atoms with van der Waals surface area (Å²) in [6, 6.07) is 10.4. The van der Waals surface area contributed by atoms with E-state index in [1.807, 2.05) is 30.3 Å². The molecule has 0 aliphatic carbocycles. The van der Waals surface area contributed by atoms with Crippen LogP contribution < -0.4 is 10.8 Å². The molecule has 2 N–H and O–H groups in total. The van der Waals surface area contributed by atoms with Gasteiger partial charge in [0.15, 0.2) is 5.82 Å². The molecule has 0 fully saturated rings. The molecule has 2 aromatic rings. The first-order chi connectivity index (χ1) is 9.66. The first-order valence-electron chi connectivity index (χ1n) is 6.25. The zero-order valence-electron chi connectivity index (χ0n) is 10.6. The lowest BCUT2D eigenvalue weighted by molar-refractivity contribution is 0.272. The third-order valence-electron chi connectivity index (χ3n) is 3.32. The summed E-state index contributed by atoms with van der Waals surface area (Å²) < 4.78 is 33.0. The van der Waals surface area contributed by atoms with Gasteiger partial charge in [-0.2, -0.15) is 0 Å². The van der Waals surface area contributed by atoms with Gasteiger partial charge in [0.25, 0.3) is 0 Å². The highest BCUT2D eigenvalue weighted by atomic mass is 19.1. The summed E-state index contributed by atoms with van der Waals surface area (Å²) >= 11 is 0. The Morgan fingerprint density at radius 2 is 2.00 bits per heavy atom. The van der Waals surface area contributed by atoms with E-state index in [1.165, 1.54) is 0 Å². The first kappa shape index (κ1) is 13.1. The lowest BCUT2D eigenvalue weighted by Crippen LogP contribution is -2.29. The zero-order valence-corrected chi connectivity index (χ0v) is 10.6. The molecule has 2 aromatic carbocycles. The monoisotopic (exact) mass is 275 g/mol. The van der Waals surface area contributed by atoms with E-state index < -0.39 is 18.8 Å². The van der Waals surface area contributed by atoms with Crippen molar-refractivity contribution in [2.45, 2.75) is 13.2 Å². The van der Waals surface area contributed by atoms with Crippen LogP contribution in [0.3, 0.4) is 0 Å². The van der Waals surface area contributed by atoms with E-state index in [-0.39, 0.29) is 23.3 Å². The average molecular weight is 275 g/mol.